The van der Waals surface area contributed by atoms with E-state index < -0.39 is 28.5 Å². The minimum absolute atomic E-state index is 0.0220. The molecule has 0 spiro atoms. The van der Waals surface area contributed by atoms with Gasteiger partial charge in [0.2, 0.25) is 11.8 Å². The number of rotatable bonds is 15. The van der Waals surface area contributed by atoms with Gasteiger partial charge in [0.25, 0.3) is 10.0 Å². The van der Waals surface area contributed by atoms with Crippen LogP contribution in [0.2, 0.25) is 0 Å². The number of nitrogens with zero attached hydrogens (tertiary/aromatic N) is 2. The monoisotopic (exact) mass is 613 g/mol. The highest BCUT2D eigenvalue weighted by Crippen LogP contribution is 2.26. The number of carbonyl (C=O) groups is 2. The topological polar surface area (TPSA) is 96.0 Å². The van der Waals surface area contributed by atoms with Crippen molar-refractivity contribution in [3.05, 3.63) is 126 Å². The second-order valence-corrected chi connectivity index (χ2v) is 12.1. The molecular weight excluding hydrogens is 574 g/mol. The van der Waals surface area contributed by atoms with Gasteiger partial charge in [-0.1, -0.05) is 85.8 Å². The van der Waals surface area contributed by atoms with E-state index in [1.807, 2.05) is 74.5 Å². The minimum atomic E-state index is -4.18. The number of hydrogen-bond acceptors (Lipinski definition) is 5. The summed E-state index contributed by atoms with van der Waals surface area (Å²) in [5, 5.41) is 2.95. The molecule has 0 bridgehead atoms. The van der Waals surface area contributed by atoms with Gasteiger partial charge in [-0.3, -0.25) is 13.9 Å². The van der Waals surface area contributed by atoms with E-state index in [-0.39, 0.29) is 23.8 Å². The summed E-state index contributed by atoms with van der Waals surface area (Å²) in [7, 11) is -4.18. The van der Waals surface area contributed by atoms with Crippen molar-refractivity contribution >= 4 is 27.5 Å². The third kappa shape index (κ3) is 8.48. The van der Waals surface area contributed by atoms with E-state index in [1.54, 1.807) is 42.5 Å². The Labute approximate surface area is 260 Å². The number of anilines is 1. The molecule has 2 amide bonds. The molecule has 0 aliphatic heterocycles. The number of nitrogens with one attached hydrogen (secondary N) is 1. The highest BCUT2D eigenvalue weighted by Gasteiger charge is 2.34. The van der Waals surface area contributed by atoms with E-state index in [1.165, 1.54) is 17.0 Å². The average molecular weight is 614 g/mol. The first kappa shape index (κ1) is 32.3. The van der Waals surface area contributed by atoms with Crippen molar-refractivity contribution in [1.82, 2.24) is 10.2 Å². The molecular formula is C35H39N3O5S. The fraction of sp³-hybridized carbons (Fsp3) is 0.257. The second kappa shape index (κ2) is 15.7. The number of sulfonamides is 1. The van der Waals surface area contributed by atoms with Gasteiger partial charge >= 0.3 is 0 Å². The predicted molar refractivity (Wildman–Crippen MR) is 173 cm³/mol. The van der Waals surface area contributed by atoms with E-state index in [2.05, 4.69) is 5.32 Å². The highest BCUT2D eigenvalue weighted by molar-refractivity contribution is 7.92. The van der Waals surface area contributed by atoms with E-state index in [9.17, 15) is 18.0 Å². The van der Waals surface area contributed by atoms with Gasteiger partial charge in [0.05, 0.1) is 17.2 Å². The van der Waals surface area contributed by atoms with Crippen LogP contribution in [-0.2, 0) is 32.6 Å². The molecule has 4 aromatic carbocycles. The summed E-state index contributed by atoms with van der Waals surface area (Å²) in [5.41, 5.74) is 2.05. The summed E-state index contributed by atoms with van der Waals surface area (Å²) in [4.78, 5) is 29.6. The molecule has 0 aromatic heterocycles. The molecule has 9 heteroatoms. The largest absolute Gasteiger partial charge is 0.494 e. The van der Waals surface area contributed by atoms with Gasteiger partial charge < -0.3 is 15.0 Å². The van der Waals surface area contributed by atoms with Crippen LogP contribution in [0.5, 0.6) is 5.75 Å². The smallest absolute Gasteiger partial charge is 0.264 e. The van der Waals surface area contributed by atoms with Crippen LogP contribution in [0.4, 0.5) is 5.69 Å². The molecule has 0 radical (unpaired) electrons. The fourth-order valence-electron chi connectivity index (χ4n) is 4.82. The van der Waals surface area contributed by atoms with Gasteiger partial charge in [-0.15, -0.1) is 0 Å². The quantitative estimate of drug-likeness (QED) is 0.193. The number of carbonyl (C=O) groups excluding carboxylic acids is 2. The standard InChI is InChI=1S/C35H39N3O5S/c1-3-24-36-35(40)33(25-28-14-8-5-9-15-28)37(26-29-16-10-6-11-17-29)34(39)27-38(30-18-12-7-13-19-30)44(41,42)32-22-20-31(21-23-32)43-4-2/h5-23,33H,3-4,24-27H2,1-2H3,(H,36,40). The van der Waals surface area contributed by atoms with Gasteiger partial charge in [-0.05, 0) is 60.9 Å². The molecule has 4 aromatic rings. The molecule has 4 rings (SSSR count). The Bertz CT molecular complexity index is 1580. The first-order valence-electron chi connectivity index (χ1n) is 14.8. The van der Waals surface area contributed by atoms with E-state index in [0.29, 0.717) is 24.6 Å². The molecule has 1 unspecified atom stereocenters. The van der Waals surface area contributed by atoms with Crippen LogP contribution in [0.3, 0.4) is 0 Å². The molecule has 1 atom stereocenters. The van der Waals surface area contributed by atoms with Crippen LogP contribution in [0.25, 0.3) is 0 Å². The van der Waals surface area contributed by atoms with Crippen molar-refractivity contribution in [2.24, 2.45) is 0 Å². The maximum atomic E-state index is 14.4. The van der Waals surface area contributed by atoms with Gasteiger partial charge in [0, 0.05) is 19.5 Å². The minimum Gasteiger partial charge on any atom is -0.494 e. The second-order valence-electron chi connectivity index (χ2n) is 10.3. The molecule has 0 saturated carbocycles. The molecule has 8 nitrogen and oxygen atoms in total. The lowest BCUT2D eigenvalue weighted by Gasteiger charge is -2.34. The summed E-state index contributed by atoms with van der Waals surface area (Å²) in [6.07, 6.45) is 1.00. The fourth-order valence-corrected chi connectivity index (χ4v) is 6.24. The van der Waals surface area contributed by atoms with Crippen LogP contribution in [0.15, 0.2) is 120 Å². The van der Waals surface area contributed by atoms with Crippen molar-refractivity contribution in [2.45, 2.75) is 44.2 Å². The maximum absolute atomic E-state index is 14.4. The Morgan fingerprint density at radius 1 is 0.773 bits per heavy atom. The Morgan fingerprint density at radius 2 is 1.34 bits per heavy atom. The number of hydrogen-bond donors (Lipinski definition) is 1. The van der Waals surface area contributed by atoms with Crippen molar-refractivity contribution in [3.63, 3.8) is 0 Å². The Morgan fingerprint density at radius 3 is 1.91 bits per heavy atom. The number of para-hydroxylation sites is 1. The van der Waals surface area contributed by atoms with Crippen molar-refractivity contribution in [3.8, 4) is 5.75 Å². The predicted octanol–water partition coefficient (Wildman–Crippen LogP) is 5.45. The number of benzene rings is 4. The van der Waals surface area contributed by atoms with Crippen LogP contribution in [0, 0.1) is 0 Å². The van der Waals surface area contributed by atoms with Gasteiger partial charge in [0.15, 0.2) is 0 Å². The normalized spacial score (nSPS) is 11.8. The SMILES string of the molecule is CCCNC(=O)C(Cc1ccccc1)N(Cc1ccccc1)C(=O)CN(c1ccccc1)S(=O)(=O)c1ccc(OCC)cc1. The summed E-state index contributed by atoms with van der Waals surface area (Å²) in [5.74, 6) is -0.245. The molecule has 0 heterocycles. The lowest BCUT2D eigenvalue weighted by molar-refractivity contribution is -0.140. The zero-order valence-electron chi connectivity index (χ0n) is 25.1. The summed E-state index contributed by atoms with van der Waals surface area (Å²) in [6.45, 7) is 4.34. The summed E-state index contributed by atoms with van der Waals surface area (Å²) in [6, 6.07) is 32.7. The van der Waals surface area contributed by atoms with Gasteiger partial charge in [-0.25, -0.2) is 8.42 Å². The lowest BCUT2D eigenvalue weighted by Crippen LogP contribution is -2.53. The molecule has 0 aliphatic carbocycles. The number of ether oxygens (including phenoxy) is 1. The molecule has 0 aliphatic rings. The van der Waals surface area contributed by atoms with Crippen LogP contribution in [0.1, 0.15) is 31.4 Å². The molecule has 0 fully saturated rings. The van der Waals surface area contributed by atoms with Crippen LogP contribution in [-0.4, -0.2) is 50.9 Å². The first-order valence-corrected chi connectivity index (χ1v) is 16.2. The van der Waals surface area contributed by atoms with Gasteiger partial charge in [-0.2, -0.15) is 0 Å². The van der Waals surface area contributed by atoms with Crippen LogP contribution >= 0.6 is 0 Å². The van der Waals surface area contributed by atoms with Crippen molar-refractivity contribution < 1.29 is 22.7 Å². The first-order chi connectivity index (χ1) is 21.3. The highest BCUT2D eigenvalue weighted by atomic mass is 32.2. The third-order valence-electron chi connectivity index (χ3n) is 7.06. The molecule has 230 valence electrons. The third-order valence-corrected chi connectivity index (χ3v) is 8.85. The average Bonchev–Trinajstić information content (AvgIpc) is 3.05. The Hall–Kier alpha value is -4.63. The molecule has 44 heavy (non-hydrogen) atoms. The Kier molecular flexibility index (Phi) is 11.5. The van der Waals surface area contributed by atoms with Gasteiger partial charge in [0.1, 0.15) is 18.3 Å². The van der Waals surface area contributed by atoms with E-state index >= 15 is 0 Å². The van der Waals surface area contributed by atoms with Crippen molar-refractivity contribution in [1.29, 1.82) is 0 Å². The number of amides is 2. The summed E-state index contributed by atoms with van der Waals surface area (Å²) < 4.78 is 34.8. The van der Waals surface area contributed by atoms with Crippen LogP contribution < -0.4 is 14.4 Å². The Balaban J connectivity index is 1.75. The molecule has 0 saturated heterocycles. The van der Waals surface area contributed by atoms with Crippen molar-refractivity contribution in [2.75, 3.05) is 24.0 Å². The lowest BCUT2D eigenvalue weighted by atomic mass is 10.0. The van der Waals surface area contributed by atoms with E-state index in [0.717, 1.165) is 21.9 Å². The summed E-state index contributed by atoms with van der Waals surface area (Å²) >= 11 is 0. The zero-order valence-corrected chi connectivity index (χ0v) is 26.0. The van der Waals surface area contributed by atoms with E-state index in [4.69, 9.17) is 4.74 Å². The zero-order chi connectivity index (χ0) is 31.4. The molecule has 1 N–H and O–H groups in total. The maximum Gasteiger partial charge on any atom is 0.264 e.